The van der Waals surface area contributed by atoms with Gasteiger partial charge in [0.2, 0.25) is 0 Å². The van der Waals surface area contributed by atoms with E-state index < -0.39 is 0 Å². The van der Waals surface area contributed by atoms with Crippen molar-refractivity contribution >= 4 is 10.9 Å². The standard InChI is InChI=1S/C19H21NO/c1-13-8-9-16-18(2,3)19(16,11-13)12-21-17-10-14-6-4-5-7-15(14)20-17/h4-7,10,13,16,20H,11-12H2,1-3H3. The van der Waals surface area contributed by atoms with Gasteiger partial charge in [-0.2, -0.15) is 0 Å². The van der Waals surface area contributed by atoms with Gasteiger partial charge in [-0.25, -0.2) is 0 Å². The van der Waals surface area contributed by atoms with Crippen LogP contribution < -0.4 is 4.74 Å². The number of para-hydroxylation sites is 1. The molecule has 3 atom stereocenters. The van der Waals surface area contributed by atoms with E-state index >= 15 is 0 Å². The summed E-state index contributed by atoms with van der Waals surface area (Å²) in [6.07, 6.45) is 1.15. The molecule has 3 unspecified atom stereocenters. The van der Waals surface area contributed by atoms with Crippen molar-refractivity contribution in [2.24, 2.45) is 22.7 Å². The molecule has 2 aliphatic rings. The van der Waals surface area contributed by atoms with E-state index in [1.807, 2.05) is 6.07 Å². The van der Waals surface area contributed by atoms with Gasteiger partial charge in [0.1, 0.15) is 0 Å². The highest BCUT2D eigenvalue weighted by Crippen LogP contribution is 2.72. The Labute approximate surface area is 125 Å². The minimum Gasteiger partial charge on any atom is -0.478 e. The van der Waals surface area contributed by atoms with Crippen molar-refractivity contribution in [1.82, 2.24) is 4.98 Å². The molecule has 1 N–H and O–H groups in total. The lowest BCUT2D eigenvalue weighted by atomic mass is 9.85. The van der Waals surface area contributed by atoms with Crippen molar-refractivity contribution in [1.29, 1.82) is 0 Å². The van der Waals surface area contributed by atoms with Crippen LogP contribution in [0.2, 0.25) is 0 Å². The van der Waals surface area contributed by atoms with Gasteiger partial charge in [-0.05, 0) is 17.9 Å². The second-order valence-electron chi connectivity index (χ2n) is 7.21. The average molecular weight is 279 g/mol. The molecule has 2 aliphatic carbocycles. The number of benzene rings is 1. The molecule has 2 nitrogen and oxygen atoms in total. The summed E-state index contributed by atoms with van der Waals surface area (Å²) in [4.78, 5) is 3.35. The summed E-state index contributed by atoms with van der Waals surface area (Å²) < 4.78 is 6.14. The third-order valence-corrected chi connectivity index (χ3v) is 5.61. The number of fused-ring (bicyclic) bond motifs is 2. The first-order chi connectivity index (χ1) is 10.0. The average Bonchev–Trinajstić information content (AvgIpc) is 2.79. The smallest absolute Gasteiger partial charge is 0.191 e. The topological polar surface area (TPSA) is 25.0 Å². The van der Waals surface area contributed by atoms with Crippen molar-refractivity contribution in [3.8, 4) is 17.7 Å². The van der Waals surface area contributed by atoms with Crippen molar-refractivity contribution in [2.45, 2.75) is 27.2 Å². The lowest BCUT2D eigenvalue weighted by Crippen LogP contribution is -2.23. The van der Waals surface area contributed by atoms with Crippen LogP contribution in [0, 0.1) is 34.5 Å². The van der Waals surface area contributed by atoms with Gasteiger partial charge in [0.05, 0.1) is 6.61 Å². The highest BCUT2D eigenvalue weighted by atomic mass is 16.5. The van der Waals surface area contributed by atoms with Crippen LogP contribution in [-0.2, 0) is 0 Å². The van der Waals surface area contributed by atoms with Gasteiger partial charge in [-0.15, -0.1) is 0 Å². The van der Waals surface area contributed by atoms with Gasteiger partial charge in [0, 0.05) is 34.2 Å². The van der Waals surface area contributed by atoms with Gasteiger partial charge >= 0.3 is 0 Å². The van der Waals surface area contributed by atoms with Crippen LogP contribution in [0.3, 0.4) is 0 Å². The highest BCUT2D eigenvalue weighted by molar-refractivity contribution is 5.81. The molecule has 0 bridgehead atoms. The van der Waals surface area contributed by atoms with Gasteiger partial charge in [0.15, 0.2) is 5.88 Å². The summed E-state index contributed by atoms with van der Waals surface area (Å²) >= 11 is 0. The van der Waals surface area contributed by atoms with Crippen molar-refractivity contribution in [3.63, 3.8) is 0 Å². The van der Waals surface area contributed by atoms with Gasteiger partial charge in [-0.3, -0.25) is 0 Å². The van der Waals surface area contributed by atoms with Crippen LogP contribution in [0.25, 0.3) is 10.9 Å². The van der Waals surface area contributed by atoms with Crippen LogP contribution in [0.15, 0.2) is 30.3 Å². The normalized spacial score (nSPS) is 32.1. The zero-order valence-electron chi connectivity index (χ0n) is 12.9. The summed E-state index contributed by atoms with van der Waals surface area (Å²) in [5.41, 5.74) is 1.64. The van der Waals surface area contributed by atoms with E-state index in [1.165, 1.54) is 5.39 Å². The Morgan fingerprint density at radius 2 is 2.10 bits per heavy atom. The summed E-state index contributed by atoms with van der Waals surface area (Å²) in [6, 6.07) is 10.4. The third kappa shape index (κ3) is 1.73. The summed E-state index contributed by atoms with van der Waals surface area (Å²) in [5, 5.41) is 1.20. The minimum atomic E-state index is 0.231. The van der Waals surface area contributed by atoms with Crippen molar-refractivity contribution in [2.75, 3.05) is 6.61 Å². The Bertz CT molecular complexity index is 727. The fraction of sp³-hybridized carbons (Fsp3) is 0.474. The predicted molar refractivity (Wildman–Crippen MR) is 85.1 cm³/mol. The zero-order valence-corrected chi connectivity index (χ0v) is 12.9. The Kier molecular flexibility index (Phi) is 2.49. The molecule has 2 heteroatoms. The van der Waals surface area contributed by atoms with Crippen molar-refractivity contribution in [3.05, 3.63) is 30.3 Å². The van der Waals surface area contributed by atoms with Crippen LogP contribution in [0.5, 0.6) is 5.88 Å². The number of aromatic nitrogens is 1. The number of hydrogen-bond donors (Lipinski definition) is 1. The summed E-state index contributed by atoms with van der Waals surface area (Å²) in [6.45, 7) is 7.65. The predicted octanol–water partition coefficient (Wildman–Crippen LogP) is 4.23. The Hall–Kier alpha value is -1.88. The van der Waals surface area contributed by atoms with Gasteiger partial charge in [0.25, 0.3) is 0 Å². The molecule has 0 spiro atoms. The molecule has 4 rings (SSSR count). The zero-order chi connectivity index (χ0) is 14.7. The van der Waals surface area contributed by atoms with Crippen LogP contribution in [-0.4, -0.2) is 11.6 Å². The SMILES string of the molecule is CC1C#CC2C(C)(C)C2(COc2cc3ccccc3[nH]2)C1. The summed E-state index contributed by atoms with van der Waals surface area (Å²) in [5.74, 6) is 8.67. The van der Waals surface area contributed by atoms with E-state index in [-0.39, 0.29) is 10.8 Å². The van der Waals surface area contributed by atoms with Crippen molar-refractivity contribution < 1.29 is 4.74 Å². The second-order valence-corrected chi connectivity index (χ2v) is 7.21. The first-order valence-corrected chi connectivity index (χ1v) is 7.74. The van der Waals surface area contributed by atoms with Gasteiger partial charge in [-0.1, -0.05) is 50.8 Å². The molecule has 0 saturated heterocycles. The lowest BCUT2D eigenvalue weighted by molar-refractivity contribution is 0.172. The molecule has 1 fully saturated rings. The quantitative estimate of drug-likeness (QED) is 0.836. The molecule has 108 valence electrons. The maximum absolute atomic E-state index is 6.14. The molecular formula is C19H21NO. The first-order valence-electron chi connectivity index (χ1n) is 7.74. The third-order valence-electron chi connectivity index (χ3n) is 5.61. The highest BCUT2D eigenvalue weighted by Gasteiger charge is 2.71. The fourth-order valence-corrected chi connectivity index (χ4v) is 4.12. The maximum atomic E-state index is 6.14. The number of nitrogens with one attached hydrogen (secondary N) is 1. The Morgan fingerprint density at radius 3 is 2.90 bits per heavy atom. The van der Waals surface area contributed by atoms with E-state index in [1.54, 1.807) is 0 Å². The van der Waals surface area contributed by atoms with Crippen LogP contribution >= 0.6 is 0 Å². The molecule has 1 aromatic carbocycles. The van der Waals surface area contributed by atoms with Gasteiger partial charge < -0.3 is 9.72 Å². The molecule has 1 saturated carbocycles. The van der Waals surface area contributed by atoms with E-state index in [4.69, 9.17) is 4.74 Å². The number of aromatic amines is 1. The van der Waals surface area contributed by atoms with E-state index in [9.17, 15) is 0 Å². The van der Waals surface area contributed by atoms with E-state index in [0.29, 0.717) is 11.8 Å². The second kappa shape index (κ2) is 4.07. The molecular weight excluding hydrogens is 258 g/mol. The van der Waals surface area contributed by atoms with Crippen LogP contribution in [0.1, 0.15) is 27.2 Å². The van der Waals surface area contributed by atoms with E-state index in [0.717, 1.165) is 24.4 Å². The number of H-pyrrole nitrogens is 1. The number of ether oxygens (including phenoxy) is 1. The monoisotopic (exact) mass is 279 g/mol. The largest absolute Gasteiger partial charge is 0.478 e. The molecule has 0 amide bonds. The first kappa shape index (κ1) is 12.8. The molecule has 2 aromatic rings. The Balaban J connectivity index is 1.56. The molecule has 0 aliphatic heterocycles. The van der Waals surface area contributed by atoms with E-state index in [2.05, 4.69) is 61.9 Å². The number of hydrogen-bond acceptors (Lipinski definition) is 1. The molecule has 21 heavy (non-hydrogen) atoms. The summed E-state index contributed by atoms with van der Waals surface area (Å²) in [7, 11) is 0. The molecule has 0 radical (unpaired) electrons. The fourth-order valence-electron chi connectivity index (χ4n) is 4.12. The molecule has 1 heterocycles. The minimum absolute atomic E-state index is 0.231. The van der Waals surface area contributed by atoms with Crippen LogP contribution in [0.4, 0.5) is 0 Å². The lowest BCUT2D eigenvalue weighted by Gasteiger charge is -2.23. The molecule has 1 aromatic heterocycles. The Morgan fingerprint density at radius 1 is 1.29 bits per heavy atom. The number of rotatable bonds is 3. The maximum Gasteiger partial charge on any atom is 0.191 e.